The number of nitrogens with zero attached hydrogens (tertiary/aromatic N) is 2. The largest absolute Gasteiger partial charge is 0.512 e. The van der Waals surface area contributed by atoms with Gasteiger partial charge in [-0.3, -0.25) is 4.79 Å². The van der Waals surface area contributed by atoms with E-state index < -0.39 is 0 Å². The molecule has 0 atom stereocenters. The molecule has 1 aliphatic rings. The Hall–Kier alpha value is -3.40. The summed E-state index contributed by atoms with van der Waals surface area (Å²) in [5.41, 5.74) is 4.67. The van der Waals surface area contributed by atoms with Crippen molar-refractivity contribution in [3.05, 3.63) is 121 Å². The monoisotopic (exact) mass is 641 g/mol. The fraction of sp³-hybridized carbons (Fsp3) is 0.167. The van der Waals surface area contributed by atoms with Gasteiger partial charge in [-0.05, 0) is 49.7 Å². The van der Waals surface area contributed by atoms with E-state index in [1.807, 2.05) is 84.9 Å². The molecule has 1 aliphatic carbocycles. The minimum absolute atomic E-state index is 0. The van der Waals surface area contributed by atoms with Gasteiger partial charge >= 0.3 is 0 Å². The van der Waals surface area contributed by atoms with Crippen LogP contribution in [-0.4, -0.2) is 20.9 Å². The zero-order chi connectivity index (χ0) is 24.0. The van der Waals surface area contributed by atoms with E-state index in [1.165, 1.54) is 6.92 Å². The Morgan fingerprint density at radius 3 is 1.57 bits per heavy atom. The Bertz CT molecular complexity index is 1020. The number of aliphatic hydroxyl groups excluding tert-OH is 1. The summed E-state index contributed by atoms with van der Waals surface area (Å²) in [6.07, 6.45) is 7.09. The Kier molecular flexibility index (Phi) is 12.3. The van der Waals surface area contributed by atoms with E-state index in [2.05, 4.69) is 22.1 Å². The average Bonchev–Trinajstić information content (AvgIpc) is 2.92. The first kappa shape index (κ1) is 27.8. The van der Waals surface area contributed by atoms with Crippen molar-refractivity contribution in [3.63, 3.8) is 0 Å². The molecule has 1 N–H and O–H groups in total. The molecule has 5 rings (SSSR count). The third kappa shape index (κ3) is 9.40. The molecule has 181 valence electrons. The Balaban J connectivity index is 0.000000184. The normalized spacial score (nSPS) is 12.1. The SMILES string of the molecule is CC(=O)C1=C(O)CCCC1.[Ir].[c-]1ccccc1-c1ccccn1.[c-]1ccccc1-c1ccccn1. The number of carbonyl (C=O) groups excluding carboxylic acids is 1. The summed E-state index contributed by atoms with van der Waals surface area (Å²) in [6.45, 7) is 1.51. The fourth-order valence-corrected chi connectivity index (χ4v) is 3.42. The van der Waals surface area contributed by atoms with Crippen molar-refractivity contribution in [2.45, 2.75) is 32.6 Å². The van der Waals surface area contributed by atoms with Crippen molar-refractivity contribution >= 4 is 5.78 Å². The Morgan fingerprint density at radius 2 is 1.23 bits per heavy atom. The topological polar surface area (TPSA) is 63.1 Å². The minimum atomic E-state index is 0. The van der Waals surface area contributed by atoms with Crippen LogP contribution in [0.2, 0.25) is 0 Å². The first-order chi connectivity index (χ1) is 16.6. The Labute approximate surface area is 221 Å². The van der Waals surface area contributed by atoms with E-state index >= 15 is 0 Å². The molecule has 0 saturated carbocycles. The van der Waals surface area contributed by atoms with Crippen molar-refractivity contribution in [1.82, 2.24) is 9.97 Å². The molecular formula is C30H28IrN2O2-2. The number of benzene rings is 2. The van der Waals surface area contributed by atoms with E-state index in [4.69, 9.17) is 0 Å². The number of hydrogen-bond donors (Lipinski definition) is 1. The van der Waals surface area contributed by atoms with Gasteiger partial charge in [0.25, 0.3) is 0 Å². The van der Waals surface area contributed by atoms with Crippen LogP contribution >= 0.6 is 0 Å². The quantitative estimate of drug-likeness (QED) is 0.244. The molecule has 0 amide bonds. The second-order valence-electron chi connectivity index (χ2n) is 7.67. The van der Waals surface area contributed by atoms with Gasteiger partial charge in [-0.2, -0.15) is 0 Å². The number of rotatable bonds is 3. The van der Waals surface area contributed by atoms with Crippen LogP contribution in [0.25, 0.3) is 22.5 Å². The van der Waals surface area contributed by atoms with Gasteiger partial charge in [0, 0.05) is 44.5 Å². The van der Waals surface area contributed by atoms with E-state index in [1.54, 1.807) is 12.4 Å². The van der Waals surface area contributed by atoms with Gasteiger partial charge in [0.2, 0.25) is 0 Å². The number of ketones is 1. The summed E-state index contributed by atoms with van der Waals surface area (Å²) in [6, 6.07) is 33.6. The van der Waals surface area contributed by atoms with Gasteiger partial charge in [0.05, 0.1) is 5.76 Å². The standard InChI is InChI=1S/2C11H8N.C8H12O2.Ir/c2*1-2-6-10(7-3-1)11-8-4-5-9-12-11;1-6(9)7-4-2-3-5-8(7)10;/h2*1-6,8-9H;10H,2-5H2,1H3;/q2*-1;;. The molecule has 5 heteroatoms. The molecule has 35 heavy (non-hydrogen) atoms. The van der Waals surface area contributed by atoms with Crippen LogP contribution in [0.15, 0.2) is 109 Å². The first-order valence-electron chi connectivity index (χ1n) is 11.3. The molecule has 0 unspecified atom stereocenters. The number of pyridine rings is 2. The van der Waals surface area contributed by atoms with Gasteiger partial charge in [0.15, 0.2) is 5.78 Å². The second-order valence-corrected chi connectivity index (χ2v) is 7.67. The summed E-state index contributed by atoms with van der Waals surface area (Å²) in [5.74, 6) is 0.343. The van der Waals surface area contributed by atoms with E-state index in [-0.39, 0.29) is 25.9 Å². The van der Waals surface area contributed by atoms with Crippen molar-refractivity contribution in [3.8, 4) is 22.5 Å². The van der Waals surface area contributed by atoms with Crippen molar-refractivity contribution in [2.75, 3.05) is 0 Å². The maximum absolute atomic E-state index is 10.8. The maximum Gasteiger partial charge on any atom is 0.159 e. The smallest absolute Gasteiger partial charge is 0.159 e. The molecule has 0 spiro atoms. The summed E-state index contributed by atoms with van der Waals surface area (Å²) in [4.78, 5) is 19.2. The first-order valence-corrected chi connectivity index (χ1v) is 11.3. The molecular weight excluding hydrogens is 613 g/mol. The average molecular weight is 641 g/mol. The number of aromatic nitrogens is 2. The van der Waals surface area contributed by atoms with Crippen LogP contribution in [0.5, 0.6) is 0 Å². The summed E-state index contributed by atoms with van der Waals surface area (Å²) in [7, 11) is 0. The number of Topliss-reactive ketones (excluding diaryl/α,β-unsaturated/α-hetero) is 1. The Morgan fingerprint density at radius 1 is 0.743 bits per heavy atom. The number of hydrogen-bond acceptors (Lipinski definition) is 4. The predicted molar refractivity (Wildman–Crippen MR) is 136 cm³/mol. The zero-order valence-corrected chi connectivity index (χ0v) is 22.0. The van der Waals surface area contributed by atoms with Crippen LogP contribution in [0.3, 0.4) is 0 Å². The predicted octanol–water partition coefficient (Wildman–Crippen LogP) is 7.06. The second kappa shape index (κ2) is 15.5. The van der Waals surface area contributed by atoms with Crippen LogP contribution in [0.4, 0.5) is 0 Å². The van der Waals surface area contributed by atoms with E-state index in [9.17, 15) is 9.90 Å². The summed E-state index contributed by atoms with van der Waals surface area (Å²) in [5, 5.41) is 9.20. The van der Waals surface area contributed by atoms with Crippen molar-refractivity contribution in [2.24, 2.45) is 0 Å². The van der Waals surface area contributed by atoms with Gasteiger partial charge in [-0.25, -0.2) is 0 Å². The van der Waals surface area contributed by atoms with Gasteiger partial charge in [0.1, 0.15) is 0 Å². The van der Waals surface area contributed by atoms with Gasteiger partial charge in [-0.1, -0.05) is 24.3 Å². The number of allylic oxidation sites excluding steroid dienone is 2. The van der Waals surface area contributed by atoms with Crippen molar-refractivity contribution in [1.29, 1.82) is 0 Å². The number of aliphatic hydroxyl groups is 1. The van der Waals surface area contributed by atoms with Crippen LogP contribution in [0.1, 0.15) is 32.6 Å². The fourth-order valence-electron chi connectivity index (χ4n) is 3.42. The zero-order valence-electron chi connectivity index (χ0n) is 19.6. The van der Waals surface area contributed by atoms with Crippen LogP contribution < -0.4 is 0 Å². The third-order valence-electron chi connectivity index (χ3n) is 5.16. The molecule has 0 fully saturated rings. The molecule has 4 nitrogen and oxygen atoms in total. The molecule has 2 aromatic heterocycles. The molecule has 1 radical (unpaired) electrons. The van der Waals surface area contributed by atoms with Gasteiger partial charge < -0.3 is 15.1 Å². The molecule has 0 saturated heterocycles. The molecule has 2 aromatic carbocycles. The maximum atomic E-state index is 10.8. The number of carbonyl (C=O) groups is 1. The van der Waals surface area contributed by atoms with Crippen LogP contribution in [0, 0.1) is 12.1 Å². The van der Waals surface area contributed by atoms with E-state index in [0.29, 0.717) is 17.8 Å². The molecule has 2 heterocycles. The summed E-state index contributed by atoms with van der Waals surface area (Å²) < 4.78 is 0. The molecule has 0 aliphatic heterocycles. The van der Waals surface area contributed by atoms with E-state index in [0.717, 1.165) is 41.8 Å². The minimum Gasteiger partial charge on any atom is -0.512 e. The summed E-state index contributed by atoms with van der Waals surface area (Å²) >= 11 is 0. The third-order valence-corrected chi connectivity index (χ3v) is 5.16. The van der Waals surface area contributed by atoms with Gasteiger partial charge in [-0.15, -0.1) is 71.8 Å². The van der Waals surface area contributed by atoms with Crippen molar-refractivity contribution < 1.29 is 30.0 Å². The van der Waals surface area contributed by atoms with Crippen LogP contribution in [-0.2, 0) is 24.9 Å². The molecule has 0 bridgehead atoms. The molecule has 4 aromatic rings.